The van der Waals surface area contributed by atoms with Crippen molar-refractivity contribution in [3.63, 3.8) is 0 Å². The number of nitrogens with one attached hydrogen (secondary N) is 1. The first-order valence-corrected chi connectivity index (χ1v) is 6.03. The van der Waals surface area contributed by atoms with Crippen molar-refractivity contribution in [1.82, 2.24) is 20.3 Å². The molecule has 0 bridgehead atoms. The third-order valence-corrected chi connectivity index (χ3v) is 3.41. The van der Waals surface area contributed by atoms with Gasteiger partial charge in [0.05, 0.1) is 5.25 Å². The molecule has 1 fully saturated rings. The highest BCUT2D eigenvalue weighted by Gasteiger charge is 2.30. The first-order valence-electron chi connectivity index (χ1n) is 4.74. The molecule has 0 aliphatic carbocycles. The van der Waals surface area contributed by atoms with Gasteiger partial charge in [-0.15, -0.1) is 0 Å². The Morgan fingerprint density at radius 3 is 2.44 bits per heavy atom. The van der Waals surface area contributed by atoms with Gasteiger partial charge in [-0.2, -0.15) is 0 Å². The molecule has 5 nitrogen and oxygen atoms in total. The van der Waals surface area contributed by atoms with E-state index in [-0.39, 0.29) is 11.2 Å². The molecule has 1 aliphatic rings. The van der Waals surface area contributed by atoms with Crippen LogP contribution in [0.2, 0.25) is 0 Å². The summed E-state index contributed by atoms with van der Waals surface area (Å²) in [6.45, 7) is 3.62. The van der Waals surface area contributed by atoms with Crippen molar-refractivity contribution in [2.75, 3.05) is 0 Å². The zero-order chi connectivity index (χ0) is 11.7. The van der Waals surface area contributed by atoms with Gasteiger partial charge in [0, 0.05) is 6.42 Å². The smallest absolute Gasteiger partial charge is 0.239 e. The summed E-state index contributed by atoms with van der Waals surface area (Å²) in [7, 11) is 0. The number of thioether (sulfide) groups is 1. The van der Waals surface area contributed by atoms with E-state index in [1.54, 1.807) is 0 Å². The molecule has 0 radical (unpaired) electrons. The number of carbonyl (C=O) groups excluding carboxylic acids is 1. The molecule has 0 saturated carbocycles. The summed E-state index contributed by atoms with van der Waals surface area (Å²) in [4.78, 5) is 24.0. The fraction of sp³-hybridized carbons (Fsp3) is 0.444. The van der Waals surface area contributed by atoms with Crippen molar-refractivity contribution in [1.29, 1.82) is 0 Å². The highest BCUT2D eigenvalue weighted by Crippen LogP contribution is 2.21. The van der Waals surface area contributed by atoms with E-state index in [0.29, 0.717) is 28.2 Å². The summed E-state index contributed by atoms with van der Waals surface area (Å²) in [6, 6.07) is 0. The molecule has 0 aromatic carbocycles. The molecule has 84 valence electrons. The van der Waals surface area contributed by atoms with Crippen molar-refractivity contribution in [2.24, 2.45) is 0 Å². The molecule has 2 rings (SSSR count). The Morgan fingerprint density at radius 1 is 1.31 bits per heavy atom. The van der Waals surface area contributed by atoms with Gasteiger partial charge in [-0.3, -0.25) is 4.79 Å². The average Bonchev–Trinajstić information content (AvgIpc) is 2.43. The van der Waals surface area contributed by atoms with Crippen LogP contribution in [0.1, 0.15) is 17.5 Å². The highest BCUT2D eigenvalue weighted by atomic mass is 32.2. The van der Waals surface area contributed by atoms with Crippen LogP contribution >= 0.6 is 24.0 Å². The number of carbonyl (C=O) groups is 1. The lowest BCUT2D eigenvalue weighted by Gasteiger charge is -2.05. The maximum Gasteiger partial charge on any atom is 0.239 e. The first kappa shape index (κ1) is 11.4. The number of aromatic nitrogens is 3. The monoisotopic (exact) mass is 254 g/mol. The predicted octanol–water partition coefficient (Wildman–Crippen LogP) is 0.547. The normalized spacial score (nSPS) is 20.0. The third-order valence-electron chi connectivity index (χ3n) is 2.04. The molecule has 1 amide bonds. The summed E-state index contributed by atoms with van der Waals surface area (Å²) in [5, 5.41) is 2.39. The van der Waals surface area contributed by atoms with Crippen molar-refractivity contribution < 1.29 is 4.79 Å². The fourth-order valence-electron chi connectivity index (χ4n) is 1.47. The number of rotatable bonds is 2. The predicted molar refractivity (Wildman–Crippen MR) is 65.1 cm³/mol. The molecule has 1 aromatic heterocycles. The van der Waals surface area contributed by atoms with Gasteiger partial charge >= 0.3 is 0 Å². The molecular weight excluding hydrogens is 244 g/mol. The molecule has 1 aromatic rings. The number of hydrogen-bond acceptors (Lipinski definition) is 6. The molecule has 1 unspecified atom stereocenters. The van der Waals surface area contributed by atoms with Gasteiger partial charge in [0.25, 0.3) is 0 Å². The van der Waals surface area contributed by atoms with Crippen LogP contribution < -0.4 is 5.32 Å². The standard InChI is InChI=1S/C9H10N4OS2/c1-4-10-5(2)12-7(11-4)3-6-8(14)13-9(15)16-6/h6H,3H2,1-2H3,(H,13,14,15). The Balaban J connectivity index is 2.15. The van der Waals surface area contributed by atoms with Crippen molar-refractivity contribution in [3.8, 4) is 0 Å². The van der Waals surface area contributed by atoms with Crippen LogP contribution in [0.25, 0.3) is 0 Å². The molecule has 0 spiro atoms. The van der Waals surface area contributed by atoms with E-state index in [4.69, 9.17) is 12.2 Å². The van der Waals surface area contributed by atoms with Gasteiger partial charge < -0.3 is 5.32 Å². The molecule has 2 heterocycles. The SMILES string of the molecule is Cc1nc(C)nc(CC2SC(=S)NC2=O)n1. The minimum Gasteiger partial charge on any atom is -0.311 e. The van der Waals surface area contributed by atoms with E-state index in [9.17, 15) is 4.79 Å². The van der Waals surface area contributed by atoms with Gasteiger partial charge in [0.15, 0.2) is 0 Å². The second kappa shape index (κ2) is 4.42. The largest absolute Gasteiger partial charge is 0.311 e. The quantitative estimate of drug-likeness (QED) is 0.777. The number of aryl methyl sites for hydroxylation is 2. The van der Waals surface area contributed by atoms with E-state index in [0.717, 1.165) is 0 Å². The summed E-state index contributed by atoms with van der Waals surface area (Å²) in [6.07, 6.45) is 0.487. The van der Waals surface area contributed by atoms with Gasteiger partial charge in [0.1, 0.15) is 21.8 Å². The zero-order valence-electron chi connectivity index (χ0n) is 8.85. The van der Waals surface area contributed by atoms with Crippen molar-refractivity contribution in [2.45, 2.75) is 25.5 Å². The van der Waals surface area contributed by atoms with Crippen molar-refractivity contribution >= 4 is 34.2 Å². The third kappa shape index (κ3) is 2.53. The first-order chi connectivity index (χ1) is 7.54. The van der Waals surface area contributed by atoms with E-state index in [1.807, 2.05) is 13.8 Å². The average molecular weight is 254 g/mol. The van der Waals surface area contributed by atoms with Crippen LogP contribution in [-0.2, 0) is 11.2 Å². The Morgan fingerprint density at radius 2 is 1.94 bits per heavy atom. The van der Waals surface area contributed by atoms with E-state index in [1.165, 1.54) is 11.8 Å². The molecule has 1 N–H and O–H groups in total. The number of thiocarbonyl (C=S) groups is 1. The maximum atomic E-state index is 11.5. The number of nitrogens with zero attached hydrogens (tertiary/aromatic N) is 3. The number of amides is 1. The van der Waals surface area contributed by atoms with Gasteiger partial charge in [-0.1, -0.05) is 24.0 Å². The Bertz CT molecular complexity index is 443. The minimum atomic E-state index is -0.214. The molecular formula is C9H10N4OS2. The summed E-state index contributed by atoms with van der Waals surface area (Å²) in [5.74, 6) is 1.93. The highest BCUT2D eigenvalue weighted by molar-refractivity contribution is 8.24. The van der Waals surface area contributed by atoms with Crippen LogP contribution in [0.4, 0.5) is 0 Å². The minimum absolute atomic E-state index is 0.0641. The van der Waals surface area contributed by atoms with E-state index >= 15 is 0 Å². The van der Waals surface area contributed by atoms with Crippen LogP contribution in [0, 0.1) is 13.8 Å². The van der Waals surface area contributed by atoms with Crippen LogP contribution in [-0.4, -0.2) is 30.4 Å². The molecule has 1 aliphatic heterocycles. The molecule has 16 heavy (non-hydrogen) atoms. The zero-order valence-corrected chi connectivity index (χ0v) is 10.5. The fourth-order valence-corrected chi connectivity index (χ4v) is 2.73. The lowest BCUT2D eigenvalue weighted by Crippen LogP contribution is -2.26. The van der Waals surface area contributed by atoms with Crippen LogP contribution in [0.5, 0.6) is 0 Å². The molecule has 1 atom stereocenters. The molecule has 1 saturated heterocycles. The second-order valence-electron chi connectivity index (χ2n) is 3.43. The second-order valence-corrected chi connectivity index (χ2v) is 5.31. The van der Waals surface area contributed by atoms with Gasteiger partial charge in [-0.25, -0.2) is 15.0 Å². The summed E-state index contributed by atoms with van der Waals surface area (Å²) < 4.78 is 0.525. The van der Waals surface area contributed by atoms with Crippen LogP contribution in [0.15, 0.2) is 0 Å². The van der Waals surface area contributed by atoms with Crippen LogP contribution in [0.3, 0.4) is 0 Å². The Labute approximate surface area is 102 Å². The lowest BCUT2D eigenvalue weighted by molar-refractivity contribution is -0.118. The van der Waals surface area contributed by atoms with E-state index in [2.05, 4.69) is 20.3 Å². The Hall–Kier alpha value is -1.08. The van der Waals surface area contributed by atoms with Gasteiger partial charge in [0.2, 0.25) is 5.91 Å². The Kier molecular flexibility index (Phi) is 3.15. The van der Waals surface area contributed by atoms with E-state index < -0.39 is 0 Å². The maximum absolute atomic E-state index is 11.5. The van der Waals surface area contributed by atoms with Gasteiger partial charge in [-0.05, 0) is 13.8 Å². The summed E-state index contributed by atoms with van der Waals surface area (Å²) in [5.41, 5.74) is 0. The lowest BCUT2D eigenvalue weighted by atomic mass is 10.2. The molecule has 7 heteroatoms. The van der Waals surface area contributed by atoms with Crippen molar-refractivity contribution in [3.05, 3.63) is 17.5 Å². The topological polar surface area (TPSA) is 67.8 Å². The summed E-state index contributed by atoms with van der Waals surface area (Å²) >= 11 is 6.27. The number of hydrogen-bond donors (Lipinski definition) is 1.